The van der Waals surface area contributed by atoms with Crippen molar-refractivity contribution in [3.8, 4) is 0 Å². The van der Waals surface area contributed by atoms with Gasteiger partial charge < -0.3 is 14.8 Å². The number of fused-ring (bicyclic) bond motifs is 2. The summed E-state index contributed by atoms with van der Waals surface area (Å²) >= 11 is 0. The molecule has 0 spiro atoms. The molecule has 4 rings (SSSR count). The molecule has 3 heterocycles. The Balaban J connectivity index is 1.49. The molecule has 2 amide bonds. The second kappa shape index (κ2) is 4.91. The quantitative estimate of drug-likeness (QED) is 0.803. The highest BCUT2D eigenvalue weighted by Gasteiger charge is 2.28. The van der Waals surface area contributed by atoms with Crippen LogP contribution in [-0.4, -0.2) is 38.9 Å². The largest absolute Gasteiger partial charge is 0.347 e. The summed E-state index contributed by atoms with van der Waals surface area (Å²) in [6.45, 7) is 2.94. The molecule has 0 saturated carbocycles. The van der Waals surface area contributed by atoms with Crippen LogP contribution in [0, 0.1) is 0 Å². The number of carbonyl (C=O) groups is 1. The Morgan fingerprint density at radius 2 is 1.81 bits per heavy atom. The Morgan fingerprint density at radius 3 is 2.71 bits per heavy atom. The molecule has 0 saturated heterocycles. The van der Waals surface area contributed by atoms with Crippen molar-refractivity contribution in [2.75, 3.05) is 13.1 Å². The van der Waals surface area contributed by atoms with Crippen LogP contribution in [0.3, 0.4) is 0 Å². The van der Waals surface area contributed by atoms with Crippen LogP contribution in [-0.2, 0) is 25.9 Å². The van der Waals surface area contributed by atoms with Gasteiger partial charge in [0.15, 0.2) is 0 Å². The van der Waals surface area contributed by atoms with Crippen LogP contribution in [0.1, 0.15) is 22.5 Å². The average Bonchev–Trinajstić information content (AvgIpc) is 3.01. The van der Waals surface area contributed by atoms with Gasteiger partial charge >= 0.3 is 6.03 Å². The standard InChI is InChI=1S/C16H18N4O/c21-16(20-8-6-14-15(10-20)18-11-17-14)19-7-5-12-3-1-2-4-13(12)9-19/h1-4,11H,5-10H2,(H,17,18). The number of rotatable bonds is 0. The molecule has 2 aromatic rings. The highest BCUT2D eigenvalue weighted by Crippen LogP contribution is 2.22. The van der Waals surface area contributed by atoms with E-state index in [2.05, 4.69) is 28.2 Å². The van der Waals surface area contributed by atoms with E-state index in [0.717, 1.165) is 43.9 Å². The number of hydrogen-bond acceptors (Lipinski definition) is 2. The first-order valence-corrected chi connectivity index (χ1v) is 7.43. The molecule has 0 aliphatic carbocycles. The van der Waals surface area contributed by atoms with Crippen molar-refractivity contribution < 1.29 is 4.79 Å². The summed E-state index contributed by atoms with van der Waals surface area (Å²) in [5, 5.41) is 0. The summed E-state index contributed by atoms with van der Waals surface area (Å²) in [7, 11) is 0. The molecule has 0 fully saturated rings. The van der Waals surface area contributed by atoms with Gasteiger partial charge in [0.25, 0.3) is 0 Å². The molecule has 2 aliphatic heterocycles. The van der Waals surface area contributed by atoms with Crippen LogP contribution < -0.4 is 0 Å². The van der Waals surface area contributed by atoms with Crippen LogP contribution in [0.15, 0.2) is 30.6 Å². The van der Waals surface area contributed by atoms with Crippen molar-refractivity contribution in [3.05, 3.63) is 53.1 Å². The van der Waals surface area contributed by atoms with E-state index in [4.69, 9.17) is 0 Å². The molecule has 0 bridgehead atoms. The molecule has 1 N–H and O–H groups in total. The normalized spacial score (nSPS) is 17.3. The summed E-state index contributed by atoms with van der Waals surface area (Å²) in [5.41, 5.74) is 4.82. The van der Waals surface area contributed by atoms with Gasteiger partial charge in [-0.15, -0.1) is 0 Å². The Morgan fingerprint density at radius 1 is 1.05 bits per heavy atom. The maximum Gasteiger partial charge on any atom is 0.320 e. The van der Waals surface area contributed by atoms with E-state index in [-0.39, 0.29) is 6.03 Å². The molecule has 5 heteroatoms. The van der Waals surface area contributed by atoms with Gasteiger partial charge in [-0.05, 0) is 17.5 Å². The van der Waals surface area contributed by atoms with Crippen LogP contribution in [0.25, 0.3) is 0 Å². The van der Waals surface area contributed by atoms with Crippen LogP contribution in [0.4, 0.5) is 4.79 Å². The average molecular weight is 282 g/mol. The van der Waals surface area contributed by atoms with E-state index in [9.17, 15) is 4.79 Å². The lowest BCUT2D eigenvalue weighted by atomic mass is 10.0. The number of nitrogens with one attached hydrogen (secondary N) is 1. The smallest absolute Gasteiger partial charge is 0.320 e. The van der Waals surface area contributed by atoms with Crippen LogP contribution >= 0.6 is 0 Å². The highest BCUT2D eigenvalue weighted by atomic mass is 16.2. The van der Waals surface area contributed by atoms with Gasteiger partial charge in [-0.3, -0.25) is 0 Å². The zero-order valence-corrected chi connectivity index (χ0v) is 11.9. The molecule has 1 aromatic carbocycles. The van der Waals surface area contributed by atoms with Gasteiger partial charge in [0, 0.05) is 26.1 Å². The molecule has 0 radical (unpaired) electrons. The van der Waals surface area contributed by atoms with Crippen LogP contribution in [0.2, 0.25) is 0 Å². The summed E-state index contributed by atoms with van der Waals surface area (Å²) in [5.74, 6) is 0. The zero-order valence-electron chi connectivity index (χ0n) is 11.9. The number of benzene rings is 1. The fourth-order valence-corrected chi connectivity index (χ4v) is 3.23. The van der Waals surface area contributed by atoms with Crippen molar-refractivity contribution in [3.63, 3.8) is 0 Å². The number of amides is 2. The maximum absolute atomic E-state index is 12.7. The first kappa shape index (κ1) is 12.4. The van der Waals surface area contributed by atoms with Gasteiger partial charge in [0.1, 0.15) is 0 Å². The Bertz CT molecular complexity index is 678. The molecular formula is C16H18N4O. The fraction of sp³-hybridized carbons (Fsp3) is 0.375. The second-order valence-corrected chi connectivity index (χ2v) is 5.72. The lowest BCUT2D eigenvalue weighted by Crippen LogP contribution is -2.47. The van der Waals surface area contributed by atoms with Gasteiger partial charge in [-0.1, -0.05) is 24.3 Å². The molecule has 1 aromatic heterocycles. The molecule has 0 atom stereocenters. The van der Waals surface area contributed by atoms with Crippen molar-refractivity contribution in [1.82, 2.24) is 19.8 Å². The van der Waals surface area contributed by atoms with Crippen molar-refractivity contribution in [2.45, 2.75) is 25.9 Å². The number of aromatic amines is 1. The molecular weight excluding hydrogens is 264 g/mol. The van der Waals surface area contributed by atoms with E-state index in [1.165, 1.54) is 11.1 Å². The Kier molecular flexibility index (Phi) is 2.91. The fourth-order valence-electron chi connectivity index (χ4n) is 3.23. The summed E-state index contributed by atoms with van der Waals surface area (Å²) in [6.07, 6.45) is 3.51. The number of carbonyl (C=O) groups excluding carboxylic acids is 1. The molecule has 2 aliphatic rings. The number of nitrogens with zero attached hydrogens (tertiary/aromatic N) is 3. The van der Waals surface area contributed by atoms with E-state index >= 15 is 0 Å². The van der Waals surface area contributed by atoms with E-state index in [1.54, 1.807) is 6.33 Å². The van der Waals surface area contributed by atoms with Crippen molar-refractivity contribution in [2.24, 2.45) is 0 Å². The van der Waals surface area contributed by atoms with E-state index in [1.807, 2.05) is 15.9 Å². The SMILES string of the molecule is O=C(N1CCc2ccccc2C1)N1CCc2nc[nH]c2C1. The maximum atomic E-state index is 12.7. The topological polar surface area (TPSA) is 52.2 Å². The molecule has 5 nitrogen and oxygen atoms in total. The van der Waals surface area contributed by atoms with Gasteiger partial charge in [0.05, 0.1) is 24.3 Å². The third-order valence-corrected chi connectivity index (χ3v) is 4.45. The summed E-state index contributed by atoms with van der Waals surface area (Å²) in [4.78, 5) is 24.0. The number of hydrogen-bond donors (Lipinski definition) is 1. The first-order chi connectivity index (χ1) is 10.3. The first-order valence-electron chi connectivity index (χ1n) is 7.43. The van der Waals surface area contributed by atoms with E-state index in [0.29, 0.717) is 6.54 Å². The minimum atomic E-state index is 0.143. The monoisotopic (exact) mass is 282 g/mol. The number of imidazole rings is 1. The minimum Gasteiger partial charge on any atom is -0.347 e. The Labute approximate surface area is 123 Å². The highest BCUT2D eigenvalue weighted by molar-refractivity contribution is 5.75. The van der Waals surface area contributed by atoms with Gasteiger partial charge in [0.2, 0.25) is 0 Å². The minimum absolute atomic E-state index is 0.143. The van der Waals surface area contributed by atoms with Gasteiger partial charge in [-0.2, -0.15) is 0 Å². The number of urea groups is 1. The molecule has 21 heavy (non-hydrogen) atoms. The van der Waals surface area contributed by atoms with E-state index < -0.39 is 0 Å². The number of H-pyrrole nitrogens is 1. The Hall–Kier alpha value is -2.30. The third-order valence-electron chi connectivity index (χ3n) is 4.45. The number of aromatic nitrogens is 2. The molecule has 0 unspecified atom stereocenters. The predicted octanol–water partition coefficient (Wildman–Crippen LogP) is 1.95. The van der Waals surface area contributed by atoms with Crippen LogP contribution in [0.5, 0.6) is 0 Å². The van der Waals surface area contributed by atoms with Crippen molar-refractivity contribution in [1.29, 1.82) is 0 Å². The lowest BCUT2D eigenvalue weighted by Gasteiger charge is -2.35. The predicted molar refractivity (Wildman–Crippen MR) is 78.7 cm³/mol. The molecule has 108 valence electrons. The summed E-state index contributed by atoms with van der Waals surface area (Å²) in [6, 6.07) is 8.54. The second-order valence-electron chi connectivity index (χ2n) is 5.72. The summed E-state index contributed by atoms with van der Waals surface area (Å²) < 4.78 is 0. The van der Waals surface area contributed by atoms with Gasteiger partial charge in [-0.25, -0.2) is 9.78 Å². The third kappa shape index (κ3) is 2.18. The van der Waals surface area contributed by atoms with Crippen molar-refractivity contribution >= 4 is 6.03 Å². The lowest BCUT2D eigenvalue weighted by molar-refractivity contribution is 0.142. The zero-order chi connectivity index (χ0) is 14.2.